The highest BCUT2D eigenvalue weighted by Crippen LogP contribution is 2.29. The average Bonchev–Trinajstić information content (AvgIpc) is 2.65. The Labute approximate surface area is 161 Å². The van der Waals surface area contributed by atoms with Crippen LogP contribution in [0.15, 0.2) is 56.8 Å². The number of hydrogen-bond donors (Lipinski definition) is 1. The molecule has 28 heavy (non-hydrogen) atoms. The van der Waals surface area contributed by atoms with E-state index >= 15 is 0 Å². The van der Waals surface area contributed by atoms with Crippen molar-refractivity contribution < 1.29 is 14.3 Å². The summed E-state index contributed by atoms with van der Waals surface area (Å²) in [4.78, 5) is 32.6. The zero-order valence-corrected chi connectivity index (χ0v) is 15.0. The van der Waals surface area contributed by atoms with Gasteiger partial charge in [0, 0.05) is 16.5 Å². The molecule has 0 aliphatic rings. The van der Waals surface area contributed by atoms with Gasteiger partial charge >= 0.3 is 11.3 Å². The molecule has 0 bridgehead atoms. The number of halogens is 1. The van der Waals surface area contributed by atoms with E-state index in [0.717, 1.165) is 18.2 Å². The van der Waals surface area contributed by atoms with E-state index in [1.807, 2.05) is 0 Å². The van der Waals surface area contributed by atoms with Crippen LogP contribution >= 0.6 is 11.6 Å². The summed E-state index contributed by atoms with van der Waals surface area (Å²) in [5.74, 6) is 0. The lowest BCUT2D eigenvalue weighted by Crippen LogP contribution is -2.13. The molecule has 1 heterocycles. The van der Waals surface area contributed by atoms with E-state index in [2.05, 4.69) is 10.5 Å². The molecule has 3 rings (SSSR count). The molecular formula is C17H11ClN4O6. The fourth-order valence-corrected chi connectivity index (χ4v) is 2.61. The Morgan fingerprint density at radius 3 is 2.54 bits per heavy atom. The quantitative estimate of drug-likeness (QED) is 0.293. The van der Waals surface area contributed by atoms with Gasteiger partial charge in [-0.25, -0.2) is 4.79 Å². The monoisotopic (exact) mass is 402 g/mol. The van der Waals surface area contributed by atoms with Crippen LogP contribution in [0.1, 0.15) is 12.5 Å². The zero-order chi connectivity index (χ0) is 20.4. The molecule has 10 nitrogen and oxygen atoms in total. The van der Waals surface area contributed by atoms with Crippen LogP contribution in [0.3, 0.4) is 0 Å². The second-order valence-electron chi connectivity index (χ2n) is 5.65. The Hall–Kier alpha value is -3.79. The predicted octanol–water partition coefficient (Wildman–Crippen LogP) is 4.10. The minimum Gasteiger partial charge on any atom is -0.422 e. The third kappa shape index (κ3) is 3.81. The summed E-state index contributed by atoms with van der Waals surface area (Å²) in [6.07, 6.45) is 0. The first kappa shape index (κ1) is 19.0. The molecule has 11 heteroatoms. The van der Waals surface area contributed by atoms with Gasteiger partial charge in [0.1, 0.15) is 11.3 Å². The molecule has 0 amide bonds. The number of non-ortho nitro benzene ring substituents is 1. The second-order valence-corrected chi connectivity index (χ2v) is 6.09. The van der Waals surface area contributed by atoms with E-state index in [0.29, 0.717) is 16.0 Å². The van der Waals surface area contributed by atoms with Gasteiger partial charge in [-0.3, -0.25) is 25.7 Å². The molecule has 0 fully saturated rings. The minimum absolute atomic E-state index is 0.0665. The number of nitrogens with zero attached hydrogens (tertiary/aromatic N) is 3. The van der Waals surface area contributed by atoms with Crippen molar-refractivity contribution in [1.29, 1.82) is 0 Å². The van der Waals surface area contributed by atoms with Crippen molar-refractivity contribution in [2.45, 2.75) is 6.92 Å². The predicted molar refractivity (Wildman–Crippen MR) is 103 cm³/mol. The Bertz CT molecular complexity index is 1200. The number of fused-ring (bicyclic) bond motifs is 1. The molecule has 1 N–H and O–H groups in total. The van der Waals surface area contributed by atoms with E-state index in [4.69, 9.17) is 16.0 Å². The SMILES string of the molecule is C/C(=N\Nc1ccc([N+](=O)[O-])cc1[N+](=O)[O-])c1cc2cc(Cl)ccc2oc1=O. The molecule has 142 valence electrons. The van der Waals surface area contributed by atoms with Crippen LogP contribution in [0, 0.1) is 20.2 Å². The average molecular weight is 403 g/mol. The maximum atomic E-state index is 12.2. The number of anilines is 1. The highest BCUT2D eigenvalue weighted by atomic mass is 35.5. The maximum Gasteiger partial charge on any atom is 0.345 e. The first-order valence-electron chi connectivity index (χ1n) is 7.73. The second kappa shape index (κ2) is 7.45. The topological polar surface area (TPSA) is 141 Å². The number of nitro benzene ring substituents is 2. The van der Waals surface area contributed by atoms with Crippen molar-refractivity contribution in [3.8, 4) is 0 Å². The van der Waals surface area contributed by atoms with Gasteiger partial charge in [0.05, 0.1) is 27.2 Å². The van der Waals surface area contributed by atoms with Crippen LogP contribution in [-0.4, -0.2) is 15.6 Å². The van der Waals surface area contributed by atoms with Gasteiger partial charge in [-0.05, 0) is 37.3 Å². The molecule has 0 radical (unpaired) electrons. The zero-order valence-electron chi connectivity index (χ0n) is 14.2. The number of benzene rings is 2. The summed E-state index contributed by atoms with van der Waals surface area (Å²) in [6.45, 7) is 1.51. The van der Waals surface area contributed by atoms with Crippen molar-refractivity contribution in [3.05, 3.63) is 83.7 Å². The third-order valence-electron chi connectivity index (χ3n) is 3.82. The highest BCUT2D eigenvalue weighted by Gasteiger charge is 2.19. The van der Waals surface area contributed by atoms with Gasteiger partial charge in [0.2, 0.25) is 0 Å². The van der Waals surface area contributed by atoms with Crippen LogP contribution in [0.25, 0.3) is 11.0 Å². The Morgan fingerprint density at radius 2 is 1.86 bits per heavy atom. The normalized spacial score (nSPS) is 11.4. The summed E-state index contributed by atoms with van der Waals surface area (Å²) in [5.41, 5.74) is 1.48. The maximum absolute atomic E-state index is 12.2. The lowest BCUT2D eigenvalue weighted by molar-refractivity contribution is -0.393. The lowest BCUT2D eigenvalue weighted by atomic mass is 10.1. The van der Waals surface area contributed by atoms with Gasteiger partial charge < -0.3 is 4.42 Å². The molecule has 0 aliphatic heterocycles. The van der Waals surface area contributed by atoms with Crippen LogP contribution in [0.4, 0.5) is 17.1 Å². The molecule has 0 saturated carbocycles. The van der Waals surface area contributed by atoms with Gasteiger partial charge in [0.15, 0.2) is 0 Å². The summed E-state index contributed by atoms with van der Waals surface area (Å²) < 4.78 is 5.22. The van der Waals surface area contributed by atoms with Crippen molar-refractivity contribution >= 4 is 45.3 Å². The van der Waals surface area contributed by atoms with E-state index in [1.54, 1.807) is 18.2 Å². The molecule has 3 aromatic rings. The highest BCUT2D eigenvalue weighted by molar-refractivity contribution is 6.31. The molecule has 0 aliphatic carbocycles. The molecule has 1 aromatic heterocycles. The number of hydrogen-bond acceptors (Lipinski definition) is 8. The van der Waals surface area contributed by atoms with E-state index in [1.165, 1.54) is 13.0 Å². The Balaban J connectivity index is 1.98. The molecular weight excluding hydrogens is 392 g/mol. The van der Waals surface area contributed by atoms with Crippen molar-refractivity contribution in [1.82, 2.24) is 0 Å². The standard InChI is InChI=1S/C17H11ClN4O6/c1-9(13-7-10-6-11(18)2-5-16(10)28-17(13)23)19-20-14-4-3-12(21(24)25)8-15(14)22(26)27/h2-8,20H,1H3/b19-9+. The van der Waals surface area contributed by atoms with E-state index in [9.17, 15) is 25.0 Å². The number of hydrazone groups is 1. The van der Waals surface area contributed by atoms with Gasteiger partial charge in [-0.15, -0.1) is 0 Å². The number of rotatable bonds is 5. The fraction of sp³-hybridized carbons (Fsp3) is 0.0588. The first-order valence-corrected chi connectivity index (χ1v) is 8.11. The summed E-state index contributed by atoms with van der Waals surface area (Å²) in [5, 5.41) is 27.0. The fourth-order valence-electron chi connectivity index (χ4n) is 2.43. The summed E-state index contributed by atoms with van der Waals surface area (Å²) in [7, 11) is 0. The van der Waals surface area contributed by atoms with Gasteiger partial charge in [0.25, 0.3) is 5.69 Å². The lowest BCUT2D eigenvalue weighted by Gasteiger charge is -2.05. The third-order valence-corrected chi connectivity index (χ3v) is 4.05. The van der Waals surface area contributed by atoms with E-state index in [-0.39, 0.29) is 17.0 Å². The summed E-state index contributed by atoms with van der Waals surface area (Å²) in [6, 6.07) is 9.39. The number of nitro groups is 2. The van der Waals surface area contributed by atoms with Gasteiger partial charge in [-0.1, -0.05) is 11.6 Å². The Morgan fingerprint density at radius 1 is 1.11 bits per heavy atom. The van der Waals surface area contributed by atoms with Gasteiger partial charge in [-0.2, -0.15) is 5.10 Å². The first-order chi connectivity index (χ1) is 13.3. The molecule has 0 unspecified atom stereocenters. The largest absolute Gasteiger partial charge is 0.422 e. The van der Waals surface area contributed by atoms with E-state index < -0.39 is 26.8 Å². The minimum atomic E-state index is -0.771. The van der Waals surface area contributed by atoms with Crippen molar-refractivity contribution in [2.75, 3.05) is 5.43 Å². The van der Waals surface area contributed by atoms with Crippen molar-refractivity contribution in [2.24, 2.45) is 5.10 Å². The Kier molecular flexibility index (Phi) is 5.05. The molecule has 0 saturated heterocycles. The van der Waals surface area contributed by atoms with Crippen LogP contribution in [-0.2, 0) is 0 Å². The van der Waals surface area contributed by atoms with Crippen molar-refractivity contribution in [3.63, 3.8) is 0 Å². The summed E-state index contributed by atoms with van der Waals surface area (Å²) >= 11 is 5.94. The molecule has 0 atom stereocenters. The van der Waals surface area contributed by atoms with Crippen LogP contribution in [0.2, 0.25) is 5.02 Å². The molecule has 2 aromatic carbocycles. The van der Waals surface area contributed by atoms with Crippen LogP contribution < -0.4 is 11.1 Å². The van der Waals surface area contributed by atoms with Crippen LogP contribution in [0.5, 0.6) is 0 Å². The number of nitrogens with one attached hydrogen (secondary N) is 1. The molecule has 0 spiro atoms. The smallest absolute Gasteiger partial charge is 0.345 e.